The minimum absolute atomic E-state index is 0.132. The van der Waals surface area contributed by atoms with Crippen LogP contribution in [0.1, 0.15) is 181 Å². The summed E-state index contributed by atoms with van der Waals surface area (Å²) in [6.45, 7) is 3.39. The third-order valence-corrected chi connectivity index (χ3v) is 10.6. The van der Waals surface area contributed by atoms with Gasteiger partial charge in [-0.1, -0.05) is 167 Å². The van der Waals surface area contributed by atoms with E-state index in [-0.39, 0.29) is 12.8 Å². The molecule has 1 aliphatic heterocycles. The molecule has 0 bridgehead atoms. The van der Waals surface area contributed by atoms with Gasteiger partial charge < -0.3 is 50.5 Å². The van der Waals surface area contributed by atoms with Crippen LogP contribution in [0.25, 0.3) is 0 Å². The lowest BCUT2D eigenvalue weighted by Gasteiger charge is -2.40. The van der Waals surface area contributed by atoms with Gasteiger partial charge in [0.2, 0.25) is 5.91 Å². The number of hydrogen-bond acceptors (Lipinski definition) is 10. The van der Waals surface area contributed by atoms with E-state index in [0.717, 1.165) is 38.5 Å². The highest BCUT2D eigenvalue weighted by Gasteiger charge is 2.44. The molecule has 0 aromatic rings. The molecule has 1 aliphatic rings. The van der Waals surface area contributed by atoms with Gasteiger partial charge >= 0.3 is 0 Å². The molecule has 53 heavy (non-hydrogen) atoms. The first kappa shape index (κ1) is 49.9. The second-order valence-electron chi connectivity index (χ2n) is 15.4. The van der Waals surface area contributed by atoms with Gasteiger partial charge in [0.15, 0.2) is 6.29 Å². The highest BCUT2D eigenvalue weighted by Crippen LogP contribution is 2.23. The van der Waals surface area contributed by atoms with E-state index >= 15 is 0 Å². The maximum Gasteiger partial charge on any atom is 0.249 e. The first-order chi connectivity index (χ1) is 25.7. The Labute approximate surface area is 322 Å². The molecule has 11 heteroatoms. The molecule has 0 aliphatic carbocycles. The van der Waals surface area contributed by atoms with Gasteiger partial charge in [-0.05, 0) is 25.7 Å². The third kappa shape index (κ3) is 23.5. The maximum absolute atomic E-state index is 13.0. The van der Waals surface area contributed by atoms with Crippen molar-refractivity contribution >= 4 is 5.91 Å². The van der Waals surface area contributed by atoms with E-state index in [1.54, 1.807) is 0 Å². The van der Waals surface area contributed by atoms with Crippen molar-refractivity contribution in [3.8, 4) is 0 Å². The van der Waals surface area contributed by atoms with Gasteiger partial charge in [-0.2, -0.15) is 0 Å². The Hall–Kier alpha value is -1.15. The molecule has 314 valence electrons. The summed E-state index contributed by atoms with van der Waals surface area (Å²) in [6, 6.07) is -1.19. The van der Waals surface area contributed by atoms with E-state index in [0.29, 0.717) is 6.42 Å². The van der Waals surface area contributed by atoms with Crippen LogP contribution in [-0.2, 0) is 14.3 Å². The highest BCUT2D eigenvalue weighted by atomic mass is 16.7. The van der Waals surface area contributed by atoms with E-state index < -0.39 is 74.2 Å². The van der Waals surface area contributed by atoms with Crippen LogP contribution in [0.2, 0.25) is 0 Å². The molecular weight excluding hydrogens is 678 g/mol. The van der Waals surface area contributed by atoms with Gasteiger partial charge in [0.25, 0.3) is 0 Å². The number of carbonyl (C=O) groups excluding carboxylic acids is 1. The van der Waals surface area contributed by atoms with Crippen LogP contribution in [-0.4, -0.2) is 110 Å². The summed E-state index contributed by atoms with van der Waals surface area (Å²) < 4.78 is 11.0. The number of amides is 1. The summed E-state index contributed by atoms with van der Waals surface area (Å²) in [4.78, 5) is 13.0. The van der Waals surface area contributed by atoms with Gasteiger partial charge in [0, 0.05) is 0 Å². The quantitative estimate of drug-likeness (QED) is 0.0277. The zero-order valence-corrected chi connectivity index (χ0v) is 33.5. The minimum Gasteiger partial charge on any atom is -0.394 e. The van der Waals surface area contributed by atoms with Crippen molar-refractivity contribution in [2.75, 3.05) is 13.2 Å². The zero-order chi connectivity index (χ0) is 39.1. The summed E-state index contributed by atoms with van der Waals surface area (Å²) in [6.07, 6.45) is 21.3. The summed E-state index contributed by atoms with van der Waals surface area (Å²) in [5, 5.41) is 75.3. The number of aliphatic hydroxyl groups is 7. The minimum atomic E-state index is -1.67. The zero-order valence-electron chi connectivity index (χ0n) is 33.5. The maximum atomic E-state index is 13.0. The number of ether oxygens (including phenoxy) is 2. The summed E-state index contributed by atoms with van der Waals surface area (Å²) in [5.74, 6) is -0.714. The largest absolute Gasteiger partial charge is 0.394 e. The van der Waals surface area contributed by atoms with Gasteiger partial charge in [0.05, 0.1) is 25.4 Å². The molecule has 8 N–H and O–H groups in total. The Balaban J connectivity index is 2.54. The van der Waals surface area contributed by atoms with Crippen molar-refractivity contribution in [3.05, 3.63) is 12.2 Å². The van der Waals surface area contributed by atoms with Gasteiger partial charge in [-0.25, -0.2) is 0 Å². The van der Waals surface area contributed by atoms with E-state index in [4.69, 9.17) is 9.47 Å². The number of carbonyl (C=O) groups is 1. The second kappa shape index (κ2) is 33.0. The van der Waals surface area contributed by atoms with Gasteiger partial charge in [-0.15, -0.1) is 0 Å². The van der Waals surface area contributed by atoms with Crippen molar-refractivity contribution < 1.29 is 50.0 Å². The second-order valence-corrected chi connectivity index (χ2v) is 15.4. The molecule has 0 aromatic carbocycles. The lowest BCUT2D eigenvalue weighted by Crippen LogP contribution is -2.60. The lowest BCUT2D eigenvalue weighted by atomic mass is 9.99. The monoisotopic (exact) mass is 760 g/mol. The summed E-state index contributed by atoms with van der Waals surface area (Å²) in [7, 11) is 0. The fourth-order valence-corrected chi connectivity index (χ4v) is 6.91. The predicted octanol–water partition coefficient (Wildman–Crippen LogP) is 6.11. The van der Waals surface area contributed by atoms with Crippen LogP contribution < -0.4 is 5.32 Å². The molecule has 0 radical (unpaired) electrons. The Morgan fingerprint density at radius 1 is 0.660 bits per heavy atom. The van der Waals surface area contributed by atoms with Gasteiger partial charge in [-0.3, -0.25) is 4.79 Å². The Kier molecular flexibility index (Phi) is 31.1. The van der Waals surface area contributed by atoms with Crippen molar-refractivity contribution in [1.29, 1.82) is 0 Å². The van der Waals surface area contributed by atoms with Crippen LogP contribution >= 0.6 is 0 Å². The molecule has 0 unspecified atom stereocenters. The topological polar surface area (TPSA) is 189 Å². The lowest BCUT2D eigenvalue weighted by molar-refractivity contribution is -0.303. The number of allylic oxidation sites excluding steroid dienone is 1. The first-order valence-electron chi connectivity index (χ1n) is 21.6. The van der Waals surface area contributed by atoms with E-state index in [1.165, 1.54) is 109 Å². The molecule has 11 nitrogen and oxygen atoms in total. The predicted molar refractivity (Wildman–Crippen MR) is 210 cm³/mol. The molecular formula is C42H81NO10. The molecule has 9 atom stereocenters. The van der Waals surface area contributed by atoms with Crippen LogP contribution in [0.3, 0.4) is 0 Å². The van der Waals surface area contributed by atoms with Crippen molar-refractivity contribution in [2.24, 2.45) is 0 Å². The number of rotatable bonds is 35. The number of unbranched alkanes of at least 4 members (excludes halogenated alkanes) is 22. The number of aliphatic hydroxyl groups excluding tert-OH is 7. The highest BCUT2D eigenvalue weighted by molar-refractivity contribution is 5.80. The molecule has 1 rings (SSSR count). The molecule has 0 aromatic heterocycles. The SMILES string of the molecule is CCCCCCCCCCCC/C=C/C[C@@H](O)[C@@H](O)[C@H](CO[C@@H]1O[C@H](CO)[C@@H](O)[C@H](O)[C@H]1O)NC(=O)[C@H](O)CCCCCCCCCCCCCCC. The summed E-state index contributed by atoms with van der Waals surface area (Å²) in [5.41, 5.74) is 0. The molecule has 0 spiro atoms. The van der Waals surface area contributed by atoms with Crippen molar-refractivity contribution in [2.45, 2.75) is 236 Å². The third-order valence-electron chi connectivity index (χ3n) is 10.6. The average Bonchev–Trinajstić information content (AvgIpc) is 3.16. The molecule has 1 fully saturated rings. The average molecular weight is 760 g/mol. The number of nitrogens with one attached hydrogen (secondary N) is 1. The Morgan fingerprint density at radius 3 is 1.62 bits per heavy atom. The van der Waals surface area contributed by atoms with E-state index in [9.17, 15) is 40.5 Å². The molecule has 1 heterocycles. The first-order valence-corrected chi connectivity index (χ1v) is 21.6. The van der Waals surface area contributed by atoms with Crippen LogP contribution in [0.4, 0.5) is 0 Å². The fraction of sp³-hybridized carbons (Fsp3) is 0.929. The summed E-state index contributed by atoms with van der Waals surface area (Å²) >= 11 is 0. The number of hydrogen-bond donors (Lipinski definition) is 8. The van der Waals surface area contributed by atoms with Crippen molar-refractivity contribution in [3.63, 3.8) is 0 Å². The van der Waals surface area contributed by atoms with Crippen LogP contribution in [0.5, 0.6) is 0 Å². The standard InChI is InChI=1S/C42H81NO10/c1-3-5-7-9-11-13-15-17-19-21-23-25-27-29-34(45)37(47)33(32-52-42-40(50)39(49)38(48)36(31-44)53-42)43-41(51)35(46)30-28-26-24-22-20-18-16-14-12-10-8-6-4-2/h25,27,33-40,42,44-50H,3-24,26,28-32H2,1-2H3,(H,43,51)/b27-25+/t33-,34+,35+,36+,37-,38+,39-,40+,42+/m0/s1. The van der Waals surface area contributed by atoms with Crippen molar-refractivity contribution in [1.82, 2.24) is 5.32 Å². The normalized spacial score (nSPS) is 22.9. The Morgan fingerprint density at radius 2 is 1.13 bits per heavy atom. The molecule has 0 saturated carbocycles. The molecule has 1 amide bonds. The van der Waals surface area contributed by atoms with E-state index in [2.05, 4.69) is 19.2 Å². The van der Waals surface area contributed by atoms with Crippen LogP contribution in [0, 0.1) is 0 Å². The van der Waals surface area contributed by atoms with E-state index in [1.807, 2.05) is 12.2 Å². The van der Waals surface area contributed by atoms with Crippen LogP contribution in [0.15, 0.2) is 12.2 Å². The molecule has 1 saturated heterocycles. The Bertz CT molecular complexity index is 877. The van der Waals surface area contributed by atoms with Gasteiger partial charge in [0.1, 0.15) is 36.6 Å². The smallest absolute Gasteiger partial charge is 0.249 e. The fourth-order valence-electron chi connectivity index (χ4n) is 6.91.